The van der Waals surface area contributed by atoms with Crippen LogP contribution in [-0.2, 0) is 35.1 Å². The van der Waals surface area contributed by atoms with Gasteiger partial charge in [0.15, 0.2) is 0 Å². The van der Waals surface area contributed by atoms with E-state index in [0.717, 1.165) is 11.1 Å². The van der Waals surface area contributed by atoms with Crippen LogP contribution < -0.4 is 0 Å². The van der Waals surface area contributed by atoms with Crippen LogP contribution in [0.1, 0.15) is 97.3 Å². The van der Waals surface area contributed by atoms with Crippen LogP contribution in [0.15, 0.2) is 77.6 Å². The van der Waals surface area contributed by atoms with Crippen molar-refractivity contribution in [2.45, 2.75) is 91.4 Å². The zero-order chi connectivity index (χ0) is 28.2. The molecule has 1 unspecified atom stereocenters. The second-order valence-electron chi connectivity index (χ2n) is 13.1. The topological polar surface area (TPSA) is 13.1 Å². The Morgan fingerprint density at radius 1 is 0.821 bits per heavy atom. The molecule has 0 spiro atoms. The number of hydrogen-bond donors (Lipinski definition) is 0. The van der Waals surface area contributed by atoms with Gasteiger partial charge in [0.1, 0.15) is 0 Å². The molecule has 0 bridgehead atoms. The molecule has 3 aromatic carbocycles. The molecule has 1 atom stereocenters. The summed E-state index contributed by atoms with van der Waals surface area (Å²) < 4.78 is 6.77. The maximum absolute atomic E-state index is 4.97. The minimum atomic E-state index is 0.194. The second-order valence-corrected chi connectivity index (χ2v) is 14.9. The first-order chi connectivity index (χ1) is 18.4. The van der Waals surface area contributed by atoms with Gasteiger partial charge in [-0.1, -0.05) is 101 Å². The van der Waals surface area contributed by atoms with Crippen molar-refractivity contribution in [2.75, 3.05) is 0 Å². The average molecular weight is 596 g/mol. The second kappa shape index (κ2) is 12.6. The molecule has 202 valence electrons. The molecule has 1 nitrogen and oxygen atoms in total. The molecule has 6 rings (SSSR count). The van der Waals surface area contributed by atoms with E-state index in [9.17, 15) is 0 Å². The zero-order valence-electron chi connectivity index (χ0n) is 24.9. The van der Waals surface area contributed by atoms with Crippen molar-refractivity contribution in [3.8, 4) is 0 Å². The van der Waals surface area contributed by atoms with E-state index in [1.165, 1.54) is 64.8 Å². The fourth-order valence-electron chi connectivity index (χ4n) is 5.09. The first-order valence-electron chi connectivity index (χ1n) is 14.5. The third-order valence-electron chi connectivity index (χ3n) is 7.66. The van der Waals surface area contributed by atoms with E-state index in [-0.39, 0.29) is 10.8 Å². The van der Waals surface area contributed by atoms with Crippen molar-refractivity contribution < 1.29 is 28.7 Å². The van der Waals surface area contributed by atoms with E-state index in [1.54, 1.807) is 40.0 Å². The molecule has 0 amide bonds. The SMILES string of the molecule is CC(C)(C)c1ccc2[cH-]c3ccc(C(C)(C)C)cc3c2c1.CC1[C-]=C(c2ccoc2)C=C1.[Zr+2]=[C]1CCCCC1. The molecule has 0 saturated heterocycles. The fourth-order valence-corrected chi connectivity index (χ4v) is 5.96. The van der Waals surface area contributed by atoms with Crippen LogP contribution in [0.3, 0.4) is 0 Å². The summed E-state index contributed by atoms with van der Waals surface area (Å²) in [6.07, 6.45) is 18.2. The molecule has 2 heteroatoms. The molecule has 2 aliphatic rings. The van der Waals surface area contributed by atoms with Gasteiger partial charge in [-0.05, 0) is 10.8 Å². The van der Waals surface area contributed by atoms with E-state index in [0.29, 0.717) is 5.92 Å². The van der Waals surface area contributed by atoms with Crippen molar-refractivity contribution in [3.63, 3.8) is 0 Å². The predicted octanol–water partition coefficient (Wildman–Crippen LogP) is 10.6. The third kappa shape index (κ3) is 7.94. The molecular weight excluding hydrogens is 552 g/mol. The van der Waals surface area contributed by atoms with Gasteiger partial charge >= 0.3 is 59.5 Å². The Morgan fingerprint density at radius 2 is 1.38 bits per heavy atom. The van der Waals surface area contributed by atoms with Crippen LogP contribution in [0.25, 0.3) is 27.1 Å². The molecule has 4 aromatic rings. The van der Waals surface area contributed by atoms with E-state index in [2.05, 4.69) is 109 Å². The number of benzene rings is 2. The molecule has 39 heavy (non-hydrogen) atoms. The van der Waals surface area contributed by atoms with Crippen LogP contribution in [-0.4, -0.2) is 3.21 Å². The number of fused-ring (bicyclic) bond motifs is 3. The van der Waals surface area contributed by atoms with Crippen molar-refractivity contribution in [1.82, 2.24) is 0 Å². The monoisotopic (exact) mass is 594 g/mol. The molecule has 1 aromatic heterocycles. The Kier molecular flexibility index (Phi) is 9.59. The van der Waals surface area contributed by atoms with E-state index >= 15 is 0 Å². The third-order valence-corrected chi connectivity index (χ3v) is 8.89. The molecule has 1 heterocycles. The van der Waals surface area contributed by atoms with Gasteiger partial charge in [-0.25, -0.2) is 0 Å². The van der Waals surface area contributed by atoms with Gasteiger partial charge in [0.25, 0.3) is 0 Å². The Balaban J connectivity index is 0.000000162. The van der Waals surface area contributed by atoms with Crippen LogP contribution in [0.5, 0.6) is 0 Å². The van der Waals surface area contributed by atoms with Crippen molar-refractivity contribution in [2.24, 2.45) is 5.92 Å². The molecular formula is C37H44OZr. The number of hydrogen-bond acceptors (Lipinski definition) is 1. The van der Waals surface area contributed by atoms with Gasteiger partial charge in [-0.3, -0.25) is 0 Å². The summed E-state index contributed by atoms with van der Waals surface area (Å²) in [5.74, 6) is 0.444. The van der Waals surface area contributed by atoms with E-state index in [4.69, 9.17) is 4.42 Å². The Bertz CT molecular complexity index is 1390. The van der Waals surface area contributed by atoms with Crippen molar-refractivity contribution in [1.29, 1.82) is 0 Å². The first kappa shape index (κ1) is 29.8. The van der Waals surface area contributed by atoms with Gasteiger partial charge in [-0.15, -0.1) is 45.8 Å². The minimum absolute atomic E-state index is 0.194. The normalized spacial score (nSPS) is 17.5. The van der Waals surface area contributed by atoms with Crippen LogP contribution >= 0.6 is 0 Å². The summed E-state index contributed by atoms with van der Waals surface area (Å²) in [5, 5.41) is 5.49. The van der Waals surface area contributed by atoms with Gasteiger partial charge in [0, 0.05) is 6.26 Å². The van der Waals surface area contributed by atoms with Gasteiger partial charge < -0.3 is 4.42 Å². The predicted molar refractivity (Wildman–Crippen MR) is 166 cm³/mol. The van der Waals surface area contributed by atoms with Crippen LogP contribution in [0.4, 0.5) is 0 Å². The molecule has 0 N–H and O–H groups in total. The summed E-state index contributed by atoms with van der Waals surface area (Å²) >= 11 is 1.69. The average Bonchev–Trinajstić information content (AvgIpc) is 3.63. The first-order valence-corrected chi connectivity index (χ1v) is 15.7. The Morgan fingerprint density at radius 3 is 1.77 bits per heavy atom. The summed E-state index contributed by atoms with van der Waals surface area (Å²) in [6.45, 7) is 15.8. The van der Waals surface area contributed by atoms with Gasteiger partial charge in [-0.2, -0.15) is 17.7 Å². The molecule has 2 aliphatic carbocycles. The zero-order valence-corrected chi connectivity index (χ0v) is 27.4. The quantitative estimate of drug-likeness (QED) is 0.200. The van der Waals surface area contributed by atoms with Gasteiger partial charge in [0.2, 0.25) is 0 Å². The number of rotatable bonds is 1. The summed E-state index contributed by atoms with van der Waals surface area (Å²) in [4.78, 5) is 0. The number of allylic oxidation sites excluding steroid dienone is 4. The van der Waals surface area contributed by atoms with Crippen molar-refractivity contribution in [3.05, 3.63) is 96.0 Å². The Hall–Kier alpha value is -2.18. The maximum atomic E-state index is 4.97. The van der Waals surface area contributed by atoms with Crippen molar-refractivity contribution >= 4 is 30.3 Å². The molecule has 0 radical (unpaired) electrons. The summed E-state index contributed by atoms with van der Waals surface area (Å²) in [7, 11) is 0. The van der Waals surface area contributed by atoms with E-state index < -0.39 is 0 Å². The van der Waals surface area contributed by atoms with Crippen LogP contribution in [0, 0.1) is 12.0 Å². The van der Waals surface area contributed by atoms with Gasteiger partial charge in [0.05, 0.1) is 6.26 Å². The Labute approximate surface area is 251 Å². The van der Waals surface area contributed by atoms with Crippen LogP contribution in [0.2, 0.25) is 0 Å². The molecule has 0 aliphatic heterocycles. The summed E-state index contributed by atoms with van der Waals surface area (Å²) in [5.41, 5.74) is 5.46. The van der Waals surface area contributed by atoms with E-state index in [1.807, 2.05) is 6.07 Å². The number of furan rings is 1. The standard InChI is InChI=1S/C21H25.C10H9O.C6H10.Zr/c1-20(2,3)16-9-7-14-11-15-8-10-17(21(4,5)6)13-19(15)18(14)12-16;1-8-2-3-9(6-8)10-4-5-11-7-10;1-2-4-6-5-3-1;/h7-13H,1-6H3;2-5,7-8H,1H3;1-5H2;/q2*-1;;+2. The summed E-state index contributed by atoms with van der Waals surface area (Å²) in [6, 6.07) is 18.1. The fraction of sp³-hybridized carbons (Fsp3) is 0.405. The molecule has 1 fully saturated rings. The molecule has 1 saturated carbocycles.